The number of hydrogen-bond donors (Lipinski definition) is 0. The number of rotatable bonds is 4. The van der Waals surface area contributed by atoms with Gasteiger partial charge in [0.2, 0.25) is 0 Å². The Bertz CT molecular complexity index is 1010. The van der Waals surface area contributed by atoms with E-state index in [9.17, 15) is 4.79 Å². The highest BCUT2D eigenvalue weighted by Gasteiger charge is 2.38. The van der Waals surface area contributed by atoms with Crippen LogP contribution in [0, 0.1) is 0 Å². The molecule has 3 aromatic rings. The molecule has 0 spiro atoms. The summed E-state index contributed by atoms with van der Waals surface area (Å²) in [5.74, 6) is 1.66. The van der Waals surface area contributed by atoms with Crippen molar-refractivity contribution in [2.75, 3.05) is 12.0 Å². The van der Waals surface area contributed by atoms with Gasteiger partial charge in [-0.15, -0.1) is 0 Å². The van der Waals surface area contributed by atoms with Crippen LogP contribution in [0.4, 0.5) is 5.82 Å². The monoisotopic (exact) mass is 381 g/mol. The molecule has 0 bridgehead atoms. The Kier molecular flexibility index (Phi) is 4.45. The van der Waals surface area contributed by atoms with Gasteiger partial charge in [-0.1, -0.05) is 18.5 Å². The molecule has 2 aromatic heterocycles. The minimum Gasteiger partial charge on any atom is -0.495 e. The molecule has 7 nitrogen and oxygen atoms in total. The molecule has 8 heteroatoms. The van der Waals surface area contributed by atoms with Crippen molar-refractivity contribution in [2.24, 2.45) is 0 Å². The molecule has 4 rings (SSSR count). The molecule has 0 aliphatic carbocycles. The van der Waals surface area contributed by atoms with Crippen molar-refractivity contribution in [2.45, 2.75) is 19.4 Å². The lowest BCUT2D eigenvalue weighted by atomic mass is 10.0. The standard InChI is InChI=1S/C19H16ClN5O2/c1-3-14-11-10-15(27-2)13(20)9-12(11)19(26)25(14)16-5-8-23-18(24-16)17-21-6-4-7-22-17/h4-10,14H,3H2,1-2H3/t14-/m1/s1. The maximum absolute atomic E-state index is 13.1. The first-order chi connectivity index (χ1) is 13.1. The zero-order valence-corrected chi connectivity index (χ0v) is 15.5. The van der Waals surface area contributed by atoms with Crippen LogP contribution in [0.2, 0.25) is 5.02 Å². The van der Waals surface area contributed by atoms with Gasteiger partial charge in [0.25, 0.3) is 5.91 Å². The Morgan fingerprint density at radius 1 is 1.15 bits per heavy atom. The quantitative estimate of drug-likeness (QED) is 0.685. The van der Waals surface area contributed by atoms with Crippen LogP contribution in [-0.4, -0.2) is 33.0 Å². The van der Waals surface area contributed by atoms with Gasteiger partial charge in [-0.25, -0.2) is 19.9 Å². The van der Waals surface area contributed by atoms with Crippen LogP contribution in [0.25, 0.3) is 11.6 Å². The molecule has 0 fully saturated rings. The third-order valence-corrected chi connectivity index (χ3v) is 4.78. The van der Waals surface area contributed by atoms with E-state index in [1.54, 1.807) is 48.8 Å². The van der Waals surface area contributed by atoms with Crippen LogP contribution < -0.4 is 9.64 Å². The van der Waals surface area contributed by atoms with Crippen molar-refractivity contribution >= 4 is 23.3 Å². The zero-order chi connectivity index (χ0) is 19.0. The molecule has 0 radical (unpaired) electrons. The average molecular weight is 382 g/mol. The SMILES string of the molecule is CC[C@@H]1c2cc(OC)c(Cl)cc2C(=O)N1c1ccnc(-c2ncccn2)n1. The number of ether oxygens (including phenoxy) is 1. The van der Waals surface area contributed by atoms with E-state index in [2.05, 4.69) is 19.9 Å². The summed E-state index contributed by atoms with van der Waals surface area (Å²) in [6.07, 6.45) is 5.56. The van der Waals surface area contributed by atoms with Gasteiger partial charge in [0, 0.05) is 24.2 Å². The first-order valence-corrected chi connectivity index (χ1v) is 8.83. The molecule has 0 saturated carbocycles. The normalized spacial score (nSPS) is 15.7. The summed E-state index contributed by atoms with van der Waals surface area (Å²) < 4.78 is 5.31. The Balaban J connectivity index is 1.79. The third-order valence-electron chi connectivity index (χ3n) is 4.48. The first-order valence-electron chi connectivity index (χ1n) is 8.45. The minimum atomic E-state index is -0.168. The topological polar surface area (TPSA) is 81.1 Å². The third kappa shape index (κ3) is 2.90. The van der Waals surface area contributed by atoms with Crippen molar-refractivity contribution in [3.8, 4) is 17.4 Å². The summed E-state index contributed by atoms with van der Waals surface area (Å²) in [7, 11) is 1.56. The number of nitrogens with zero attached hydrogens (tertiary/aromatic N) is 5. The summed E-state index contributed by atoms with van der Waals surface area (Å²) in [5.41, 5.74) is 1.43. The van der Waals surface area contributed by atoms with Gasteiger partial charge in [0.15, 0.2) is 11.6 Å². The van der Waals surface area contributed by atoms with Gasteiger partial charge >= 0.3 is 0 Å². The van der Waals surface area contributed by atoms with Crippen LogP contribution in [0.15, 0.2) is 42.9 Å². The van der Waals surface area contributed by atoms with Crippen LogP contribution in [0.1, 0.15) is 35.3 Å². The lowest BCUT2D eigenvalue weighted by molar-refractivity contribution is 0.0990. The van der Waals surface area contributed by atoms with E-state index in [1.165, 1.54) is 0 Å². The van der Waals surface area contributed by atoms with Gasteiger partial charge in [-0.2, -0.15) is 0 Å². The number of carbonyl (C=O) groups excluding carboxylic acids is 1. The maximum Gasteiger partial charge on any atom is 0.260 e. The summed E-state index contributed by atoms with van der Waals surface area (Å²) >= 11 is 6.23. The fourth-order valence-electron chi connectivity index (χ4n) is 3.27. The summed E-state index contributed by atoms with van der Waals surface area (Å²) in [5, 5.41) is 0.405. The highest BCUT2D eigenvalue weighted by molar-refractivity contribution is 6.32. The number of carbonyl (C=O) groups is 1. The molecule has 1 aliphatic heterocycles. The molecule has 0 unspecified atom stereocenters. The second kappa shape index (κ2) is 6.92. The predicted molar refractivity (Wildman–Crippen MR) is 101 cm³/mol. The highest BCUT2D eigenvalue weighted by atomic mass is 35.5. The highest BCUT2D eigenvalue weighted by Crippen LogP contribution is 2.42. The lowest BCUT2D eigenvalue weighted by Crippen LogP contribution is -2.28. The van der Waals surface area contributed by atoms with Crippen LogP contribution in [0.5, 0.6) is 5.75 Å². The first kappa shape index (κ1) is 17.4. The molecule has 27 heavy (non-hydrogen) atoms. The van der Waals surface area contributed by atoms with E-state index in [0.717, 1.165) is 5.56 Å². The molecule has 1 atom stereocenters. The minimum absolute atomic E-state index is 0.153. The van der Waals surface area contributed by atoms with Gasteiger partial charge in [-0.3, -0.25) is 9.69 Å². The van der Waals surface area contributed by atoms with Crippen LogP contribution in [0.3, 0.4) is 0 Å². The summed E-state index contributed by atoms with van der Waals surface area (Å²) in [6, 6.07) is 6.74. The molecule has 136 valence electrons. The fraction of sp³-hybridized carbons (Fsp3) is 0.211. The largest absolute Gasteiger partial charge is 0.495 e. The lowest BCUT2D eigenvalue weighted by Gasteiger charge is -2.23. The second-order valence-corrected chi connectivity index (χ2v) is 6.39. The predicted octanol–water partition coefficient (Wildman–Crippen LogP) is 3.71. The van der Waals surface area contributed by atoms with Gasteiger partial charge in [0.1, 0.15) is 11.6 Å². The number of aromatic nitrogens is 4. The van der Waals surface area contributed by atoms with Gasteiger partial charge in [0.05, 0.1) is 18.2 Å². The van der Waals surface area contributed by atoms with Gasteiger partial charge in [-0.05, 0) is 36.2 Å². The van der Waals surface area contributed by atoms with Crippen LogP contribution >= 0.6 is 11.6 Å². The average Bonchev–Trinajstić information content (AvgIpc) is 2.99. The smallest absolute Gasteiger partial charge is 0.260 e. The van der Waals surface area contributed by atoms with Crippen molar-refractivity contribution in [3.63, 3.8) is 0 Å². The van der Waals surface area contributed by atoms with Gasteiger partial charge < -0.3 is 4.74 Å². The number of anilines is 1. The van der Waals surface area contributed by atoms with Crippen molar-refractivity contribution in [3.05, 3.63) is 59.0 Å². The molecule has 1 amide bonds. The number of fused-ring (bicyclic) bond motifs is 1. The second-order valence-electron chi connectivity index (χ2n) is 5.98. The molecule has 1 aliphatic rings. The zero-order valence-electron chi connectivity index (χ0n) is 14.8. The fourth-order valence-corrected chi connectivity index (χ4v) is 3.51. The van der Waals surface area contributed by atoms with Crippen molar-refractivity contribution in [1.29, 1.82) is 0 Å². The van der Waals surface area contributed by atoms with Crippen molar-refractivity contribution in [1.82, 2.24) is 19.9 Å². The number of hydrogen-bond acceptors (Lipinski definition) is 6. The molecule has 1 aromatic carbocycles. The molecular formula is C19H16ClN5O2. The van der Waals surface area contributed by atoms with E-state index in [-0.39, 0.29) is 11.9 Å². The van der Waals surface area contributed by atoms with E-state index in [1.807, 2.05) is 13.0 Å². The van der Waals surface area contributed by atoms with E-state index in [4.69, 9.17) is 16.3 Å². The Hall–Kier alpha value is -3.06. The van der Waals surface area contributed by atoms with E-state index < -0.39 is 0 Å². The molecular weight excluding hydrogens is 366 g/mol. The number of amides is 1. The number of halogens is 1. The molecule has 0 N–H and O–H groups in total. The number of benzene rings is 1. The Morgan fingerprint density at radius 3 is 2.59 bits per heavy atom. The Morgan fingerprint density at radius 2 is 1.89 bits per heavy atom. The van der Waals surface area contributed by atoms with E-state index >= 15 is 0 Å². The van der Waals surface area contributed by atoms with E-state index in [0.29, 0.717) is 40.2 Å². The maximum atomic E-state index is 13.1. The molecule has 3 heterocycles. The van der Waals surface area contributed by atoms with Crippen molar-refractivity contribution < 1.29 is 9.53 Å². The molecule has 0 saturated heterocycles. The Labute approximate surface area is 161 Å². The van der Waals surface area contributed by atoms with Crippen LogP contribution in [-0.2, 0) is 0 Å². The number of methoxy groups -OCH3 is 1. The summed E-state index contributed by atoms with van der Waals surface area (Å²) in [4.78, 5) is 31.9. The summed E-state index contributed by atoms with van der Waals surface area (Å²) in [6.45, 7) is 2.02.